The van der Waals surface area contributed by atoms with Crippen LogP contribution in [0.2, 0.25) is 0 Å². The number of anilines is 1. The summed E-state index contributed by atoms with van der Waals surface area (Å²) in [5, 5.41) is 2.29. The summed E-state index contributed by atoms with van der Waals surface area (Å²) in [7, 11) is 0. The third kappa shape index (κ3) is 5.03. The molecule has 2 aromatic rings. The van der Waals surface area contributed by atoms with Crippen molar-refractivity contribution in [3.05, 3.63) is 41.4 Å². The minimum absolute atomic E-state index is 0.0543. The van der Waals surface area contributed by atoms with E-state index in [0.29, 0.717) is 36.3 Å². The first kappa shape index (κ1) is 16.3. The SMILES string of the molecule is O=C(CCCOc1ccccc1)Nc1ncc(C(F)(F)F)s1. The van der Waals surface area contributed by atoms with E-state index < -0.39 is 11.1 Å². The van der Waals surface area contributed by atoms with Gasteiger partial charge in [0.1, 0.15) is 10.6 Å². The lowest BCUT2D eigenvalue weighted by atomic mass is 10.3. The Kier molecular flexibility index (Phi) is 5.37. The highest BCUT2D eigenvalue weighted by atomic mass is 32.1. The van der Waals surface area contributed by atoms with Crippen LogP contribution in [-0.2, 0) is 11.0 Å². The van der Waals surface area contributed by atoms with Crippen molar-refractivity contribution in [2.24, 2.45) is 0 Å². The van der Waals surface area contributed by atoms with Crippen molar-refractivity contribution < 1.29 is 22.7 Å². The lowest BCUT2D eigenvalue weighted by Gasteiger charge is -2.05. The fourth-order valence-corrected chi connectivity index (χ4v) is 2.28. The lowest BCUT2D eigenvalue weighted by Crippen LogP contribution is -2.12. The van der Waals surface area contributed by atoms with Crippen LogP contribution in [0.15, 0.2) is 36.5 Å². The Hall–Kier alpha value is -2.09. The van der Waals surface area contributed by atoms with Crippen molar-refractivity contribution in [3.63, 3.8) is 0 Å². The molecule has 1 aromatic heterocycles. The van der Waals surface area contributed by atoms with Crippen LogP contribution in [0.5, 0.6) is 5.75 Å². The van der Waals surface area contributed by atoms with Crippen LogP contribution >= 0.6 is 11.3 Å². The number of nitrogens with zero attached hydrogens (tertiary/aromatic N) is 1. The van der Waals surface area contributed by atoms with Crippen molar-refractivity contribution in [3.8, 4) is 5.75 Å². The summed E-state index contributed by atoms with van der Waals surface area (Å²) in [5.41, 5.74) is 0. The van der Waals surface area contributed by atoms with Gasteiger partial charge >= 0.3 is 6.18 Å². The summed E-state index contributed by atoms with van der Waals surface area (Å²) < 4.78 is 42.6. The summed E-state index contributed by atoms with van der Waals surface area (Å²) >= 11 is 0.405. The molecule has 0 fully saturated rings. The molecule has 0 radical (unpaired) electrons. The number of halogens is 3. The number of carbonyl (C=O) groups is 1. The first-order chi connectivity index (χ1) is 10.4. The van der Waals surface area contributed by atoms with Crippen molar-refractivity contribution >= 4 is 22.4 Å². The molecule has 0 aliphatic rings. The van der Waals surface area contributed by atoms with E-state index in [-0.39, 0.29) is 17.5 Å². The Labute approximate surface area is 128 Å². The predicted molar refractivity (Wildman–Crippen MR) is 76.9 cm³/mol. The van der Waals surface area contributed by atoms with Gasteiger partial charge in [-0.15, -0.1) is 0 Å². The van der Waals surface area contributed by atoms with Gasteiger partial charge in [0, 0.05) is 6.42 Å². The molecule has 0 aliphatic heterocycles. The van der Waals surface area contributed by atoms with Gasteiger partial charge in [0.05, 0.1) is 12.8 Å². The molecule has 0 aliphatic carbocycles. The first-order valence-corrected chi connectivity index (χ1v) is 7.27. The summed E-state index contributed by atoms with van der Waals surface area (Å²) in [6, 6.07) is 9.14. The van der Waals surface area contributed by atoms with E-state index in [1.807, 2.05) is 18.2 Å². The minimum atomic E-state index is -4.44. The van der Waals surface area contributed by atoms with Crippen molar-refractivity contribution in [2.75, 3.05) is 11.9 Å². The zero-order valence-electron chi connectivity index (χ0n) is 11.4. The molecular weight excluding hydrogens is 317 g/mol. The Morgan fingerprint density at radius 3 is 2.64 bits per heavy atom. The Bertz CT molecular complexity index is 614. The van der Waals surface area contributed by atoms with Gasteiger partial charge in [-0.2, -0.15) is 13.2 Å². The molecule has 118 valence electrons. The summed E-state index contributed by atoms with van der Waals surface area (Å²) in [6.45, 7) is 0.350. The number of thiazole rings is 1. The Balaban J connectivity index is 1.71. The maximum absolute atomic E-state index is 12.4. The number of ether oxygens (including phenoxy) is 1. The van der Waals surface area contributed by atoms with Crippen LogP contribution in [0, 0.1) is 0 Å². The molecule has 1 aromatic carbocycles. The van der Waals surface area contributed by atoms with Gasteiger partial charge in [-0.25, -0.2) is 4.98 Å². The topological polar surface area (TPSA) is 51.2 Å². The molecule has 22 heavy (non-hydrogen) atoms. The molecule has 0 saturated heterocycles. The van der Waals surface area contributed by atoms with Gasteiger partial charge in [0.15, 0.2) is 5.13 Å². The van der Waals surface area contributed by atoms with E-state index in [9.17, 15) is 18.0 Å². The number of benzene rings is 1. The van der Waals surface area contributed by atoms with Gasteiger partial charge in [-0.1, -0.05) is 29.5 Å². The summed E-state index contributed by atoms with van der Waals surface area (Å²) in [5.74, 6) is 0.317. The molecular formula is C14H13F3N2O2S. The van der Waals surface area contributed by atoms with Crippen molar-refractivity contribution in [2.45, 2.75) is 19.0 Å². The van der Waals surface area contributed by atoms with E-state index in [4.69, 9.17) is 4.74 Å². The highest BCUT2D eigenvalue weighted by molar-refractivity contribution is 7.15. The van der Waals surface area contributed by atoms with Crippen LogP contribution in [0.4, 0.5) is 18.3 Å². The fraction of sp³-hybridized carbons (Fsp3) is 0.286. The number of rotatable bonds is 6. The molecule has 0 bridgehead atoms. The van der Waals surface area contributed by atoms with Gasteiger partial charge < -0.3 is 10.1 Å². The molecule has 8 heteroatoms. The van der Waals surface area contributed by atoms with Crippen LogP contribution in [-0.4, -0.2) is 17.5 Å². The summed E-state index contributed by atoms with van der Waals surface area (Å²) in [4.78, 5) is 14.3. The third-order valence-corrected chi connectivity index (χ3v) is 3.55. The number of aromatic nitrogens is 1. The Morgan fingerprint density at radius 2 is 2.00 bits per heavy atom. The van der Waals surface area contributed by atoms with Crippen LogP contribution in [0.1, 0.15) is 17.7 Å². The van der Waals surface area contributed by atoms with Gasteiger partial charge in [0.2, 0.25) is 5.91 Å². The van der Waals surface area contributed by atoms with Crippen molar-refractivity contribution in [1.29, 1.82) is 0 Å². The zero-order chi connectivity index (χ0) is 16.0. The second-order valence-electron chi connectivity index (χ2n) is 4.34. The molecule has 0 unspecified atom stereocenters. The average Bonchev–Trinajstić information content (AvgIpc) is 2.93. The monoisotopic (exact) mass is 330 g/mol. The highest BCUT2D eigenvalue weighted by Crippen LogP contribution is 2.34. The van der Waals surface area contributed by atoms with Crippen LogP contribution in [0.3, 0.4) is 0 Å². The first-order valence-electron chi connectivity index (χ1n) is 6.46. The smallest absolute Gasteiger partial charge is 0.427 e. The molecule has 1 amide bonds. The highest BCUT2D eigenvalue weighted by Gasteiger charge is 2.33. The second-order valence-corrected chi connectivity index (χ2v) is 5.37. The normalized spacial score (nSPS) is 11.2. The minimum Gasteiger partial charge on any atom is -0.494 e. The van der Waals surface area contributed by atoms with E-state index in [0.717, 1.165) is 0 Å². The molecule has 0 spiro atoms. The Morgan fingerprint density at radius 1 is 1.27 bits per heavy atom. The molecule has 0 atom stereocenters. The quantitative estimate of drug-likeness (QED) is 0.816. The molecule has 1 heterocycles. The largest absolute Gasteiger partial charge is 0.494 e. The maximum Gasteiger partial charge on any atom is 0.427 e. The molecule has 1 N–H and O–H groups in total. The predicted octanol–water partition coefficient (Wildman–Crippen LogP) is 3.96. The number of hydrogen-bond acceptors (Lipinski definition) is 4. The van der Waals surface area contributed by atoms with E-state index in [1.54, 1.807) is 12.1 Å². The number of amides is 1. The maximum atomic E-state index is 12.4. The summed E-state index contributed by atoms with van der Waals surface area (Å²) in [6.07, 6.45) is -3.13. The molecule has 0 saturated carbocycles. The second kappa shape index (κ2) is 7.26. The van der Waals surface area contributed by atoms with E-state index >= 15 is 0 Å². The average molecular weight is 330 g/mol. The number of alkyl halides is 3. The molecule has 2 rings (SSSR count). The number of para-hydroxylation sites is 1. The van der Waals surface area contributed by atoms with Crippen LogP contribution < -0.4 is 10.1 Å². The zero-order valence-corrected chi connectivity index (χ0v) is 12.2. The standard InChI is InChI=1S/C14H13F3N2O2S/c15-14(16,17)11-9-18-13(22-11)19-12(20)7-4-8-21-10-5-2-1-3-6-10/h1-3,5-6,9H,4,7-8H2,(H,18,19,20). The van der Waals surface area contributed by atoms with Gasteiger partial charge in [0.25, 0.3) is 0 Å². The fourth-order valence-electron chi connectivity index (χ4n) is 1.58. The van der Waals surface area contributed by atoms with Crippen LogP contribution in [0.25, 0.3) is 0 Å². The lowest BCUT2D eigenvalue weighted by molar-refractivity contribution is -0.134. The van der Waals surface area contributed by atoms with Gasteiger partial charge in [-0.3, -0.25) is 4.79 Å². The van der Waals surface area contributed by atoms with Crippen molar-refractivity contribution in [1.82, 2.24) is 4.98 Å². The third-order valence-electron chi connectivity index (χ3n) is 2.59. The molecule has 4 nitrogen and oxygen atoms in total. The number of carbonyl (C=O) groups excluding carboxylic acids is 1. The number of nitrogens with one attached hydrogen (secondary N) is 1. The van der Waals surface area contributed by atoms with E-state index in [1.165, 1.54) is 0 Å². The van der Waals surface area contributed by atoms with E-state index in [2.05, 4.69) is 10.3 Å². The van der Waals surface area contributed by atoms with Gasteiger partial charge in [-0.05, 0) is 18.6 Å². The number of hydrogen-bond donors (Lipinski definition) is 1.